The molecule has 4 rings (SSSR count). The van der Waals surface area contributed by atoms with E-state index < -0.39 is 0 Å². The minimum atomic E-state index is 0.168. The highest BCUT2D eigenvalue weighted by atomic mass is 16.2. The van der Waals surface area contributed by atoms with Crippen molar-refractivity contribution in [2.75, 3.05) is 45.2 Å². The van der Waals surface area contributed by atoms with E-state index >= 15 is 0 Å². The van der Waals surface area contributed by atoms with E-state index in [2.05, 4.69) is 53.4 Å². The molecule has 0 saturated carbocycles. The van der Waals surface area contributed by atoms with Crippen molar-refractivity contribution in [1.82, 2.24) is 14.2 Å². The molecule has 0 radical (unpaired) electrons. The second-order valence-corrected chi connectivity index (χ2v) is 8.56. The number of nitrogens with zero attached hydrogens (tertiary/aromatic N) is 4. The molecule has 4 heterocycles. The van der Waals surface area contributed by atoms with Gasteiger partial charge in [0.1, 0.15) is 5.82 Å². The molecular formula is C22H32N4O. The van der Waals surface area contributed by atoms with Crippen molar-refractivity contribution in [2.24, 2.45) is 5.92 Å². The summed E-state index contributed by atoms with van der Waals surface area (Å²) in [7, 11) is 4.26. The summed E-state index contributed by atoms with van der Waals surface area (Å²) in [5.41, 5.74) is 1.96. The second-order valence-electron chi connectivity index (χ2n) is 8.56. The Morgan fingerprint density at radius 3 is 2.30 bits per heavy atom. The first-order chi connectivity index (χ1) is 13.0. The summed E-state index contributed by atoms with van der Waals surface area (Å²) >= 11 is 0. The highest BCUT2D eigenvalue weighted by Gasteiger charge is 2.25. The number of hydrogen-bond donors (Lipinski definition) is 0. The van der Waals surface area contributed by atoms with Crippen LogP contribution in [-0.2, 0) is 0 Å². The van der Waals surface area contributed by atoms with Crippen molar-refractivity contribution in [1.29, 1.82) is 0 Å². The van der Waals surface area contributed by atoms with Crippen molar-refractivity contribution < 1.29 is 4.79 Å². The monoisotopic (exact) mass is 368 g/mol. The van der Waals surface area contributed by atoms with Gasteiger partial charge in [-0.05, 0) is 70.0 Å². The predicted molar refractivity (Wildman–Crippen MR) is 111 cm³/mol. The maximum atomic E-state index is 13.1. The Morgan fingerprint density at radius 1 is 0.963 bits per heavy atom. The van der Waals surface area contributed by atoms with E-state index in [0.717, 1.165) is 56.0 Å². The molecule has 0 aliphatic carbocycles. The lowest BCUT2D eigenvalue weighted by Crippen LogP contribution is -2.44. The minimum absolute atomic E-state index is 0.168. The lowest BCUT2D eigenvalue weighted by Gasteiger charge is -2.35. The molecule has 2 fully saturated rings. The van der Waals surface area contributed by atoms with Crippen LogP contribution in [0.5, 0.6) is 0 Å². The minimum Gasteiger partial charge on any atom is -0.358 e. The smallest absolute Gasteiger partial charge is 0.255 e. The highest BCUT2D eigenvalue weighted by Crippen LogP contribution is 2.26. The summed E-state index contributed by atoms with van der Waals surface area (Å²) in [5.74, 6) is 2.20. The quantitative estimate of drug-likeness (QED) is 0.833. The molecular weight excluding hydrogens is 336 g/mol. The van der Waals surface area contributed by atoms with Crippen LogP contribution in [0.1, 0.15) is 43.0 Å². The van der Waals surface area contributed by atoms with Crippen LogP contribution in [0.3, 0.4) is 0 Å². The molecule has 5 heteroatoms. The van der Waals surface area contributed by atoms with E-state index in [-0.39, 0.29) is 5.91 Å². The number of rotatable bonds is 3. The summed E-state index contributed by atoms with van der Waals surface area (Å²) in [5, 5.41) is 0. The molecule has 2 aromatic rings. The van der Waals surface area contributed by atoms with Crippen molar-refractivity contribution in [3.05, 3.63) is 36.0 Å². The zero-order valence-electron chi connectivity index (χ0n) is 16.9. The number of hydrogen-bond acceptors (Lipinski definition) is 3. The number of pyridine rings is 1. The Morgan fingerprint density at radius 2 is 1.63 bits per heavy atom. The maximum absolute atomic E-state index is 13.1. The van der Waals surface area contributed by atoms with Gasteiger partial charge in [0.05, 0.1) is 5.56 Å². The SMILES string of the molecule is CC1CCN(c2ccc3ccc(C(=O)N4CCC(N(C)C)CC4)cn23)CC1. The van der Waals surface area contributed by atoms with Gasteiger partial charge in [-0.15, -0.1) is 0 Å². The lowest BCUT2D eigenvalue weighted by atomic mass is 9.99. The van der Waals surface area contributed by atoms with Crippen LogP contribution < -0.4 is 4.90 Å². The van der Waals surface area contributed by atoms with Crippen LogP contribution in [0.4, 0.5) is 5.82 Å². The fraction of sp³-hybridized carbons (Fsp3) is 0.591. The van der Waals surface area contributed by atoms with Crippen LogP contribution in [0.25, 0.3) is 5.52 Å². The number of likely N-dealkylation sites (tertiary alicyclic amines) is 1. The van der Waals surface area contributed by atoms with Crippen LogP contribution in [0.15, 0.2) is 30.5 Å². The van der Waals surface area contributed by atoms with Crippen LogP contribution >= 0.6 is 0 Å². The number of piperidine rings is 2. The summed E-state index contributed by atoms with van der Waals surface area (Å²) in [4.78, 5) is 19.8. The standard InChI is InChI=1S/C22H32N4O/c1-17-8-12-24(13-9-17)21-7-6-20-5-4-18(16-26(20)21)22(27)25-14-10-19(11-15-25)23(2)3/h4-7,16-17,19H,8-15H2,1-3H3. The number of amides is 1. The van der Waals surface area contributed by atoms with Gasteiger partial charge in [0.2, 0.25) is 0 Å². The molecule has 0 atom stereocenters. The molecule has 1 amide bonds. The van der Waals surface area contributed by atoms with Crippen molar-refractivity contribution in [3.8, 4) is 0 Å². The topological polar surface area (TPSA) is 31.2 Å². The summed E-state index contributed by atoms with van der Waals surface area (Å²) in [6, 6.07) is 9.01. The number of anilines is 1. The number of fused-ring (bicyclic) bond motifs is 1. The molecule has 0 unspecified atom stereocenters. The molecule has 2 aliphatic rings. The summed E-state index contributed by atoms with van der Waals surface area (Å²) in [6.45, 7) is 6.24. The van der Waals surface area contributed by atoms with Gasteiger partial charge in [-0.3, -0.25) is 4.79 Å². The summed E-state index contributed by atoms with van der Waals surface area (Å²) < 4.78 is 2.20. The first-order valence-corrected chi connectivity index (χ1v) is 10.3. The normalized spacial score (nSPS) is 20.0. The molecule has 2 saturated heterocycles. The Balaban J connectivity index is 1.53. The zero-order chi connectivity index (χ0) is 19.0. The van der Waals surface area contributed by atoms with E-state index in [1.54, 1.807) is 0 Å². The fourth-order valence-electron chi connectivity index (χ4n) is 4.48. The van der Waals surface area contributed by atoms with Gasteiger partial charge in [0.15, 0.2) is 0 Å². The lowest BCUT2D eigenvalue weighted by molar-refractivity contribution is 0.0663. The average Bonchev–Trinajstić information content (AvgIpc) is 3.11. The summed E-state index contributed by atoms with van der Waals surface area (Å²) in [6.07, 6.45) is 6.64. The van der Waals surface area contributed by atoms with E-state index in [1.807, 2.05) is 17.2 Å². The molecule has 2 aliphatic heterocycles. The first kappa shape index (κ1) is 18.4. The van der Waals surface area contributed by atoms with Gasteiger partial charge in [0.25, 0.3) is 5.91 Å². The third kappa shape index (κ3) is 3.70. The third-order valence-corrected chi connectivity index (χ3v) is 6.47. The molecule has 5 nitrogen and oxygen atoms in total. The van der Waals surface area contributed by atoms with Crippen molar-refractivity contribution >= 4 is 17.2 Å². The van der Waals surface area contributed by atoms with Crippen LogP contribution in [0.2, 0.25) is 0 Å². The molecule has 0 bridgehead atoms. The molecule has 27 heavy (non-hydrogen) atoms. The predicted octanol–water partition coefficient (Wildman–Crippen LogP) is 3.34. The Bertz CT molecular complexity index is 796. The van der Waals surface area contributed by atoms with E-state index in [1.165, 1.54) is 18.7 Å². The van der Waals surface area contributed by atoms with Gasteiger partial charge in [-0.25, -0.2) is 0 Å². The number of carbonyl (C=O) groups is 1. The second kappa shape index (κ2) is 7.55. The average molecular weight is 369 g/mol. The highest BCUT2D eigenvalue weighted by molar-refractivity contribution is 5.94. The molecule has 2 aromatic heterocycles. The molecule has 0 N–H and O–H groups in total. The Labute approximate surface area is 162 Å². The molecule has 0 spiro atoms. The Hall–Kier alpha value is -2.01. The van der Waals surface area contributed by atoms with Crippen LogP contribution in [-0.4, -0.2) is 66.4 Å². The van der Waals surface area contributed by atoms with E-state index in [0.29, 0.717) is 6.04 Å². The van der Waals surface area contributed by atoms with Crippen molar-refractivity contribution in [3.63, 3.8) is 0 Å². The van der Waals surface area contributed by atoms with Gasteiger partial charge in [0, 0.05) is 43.9 Å². The van der Waals surface area contributed by atoms with E-state index in [9.17, 15) is 4.79 Å². The first-order valence-electron chi connectivity index (χ1n) is 10.3. The number of carbonyl (C=O) groups excluding carboxylic acids is 1. The fourth-order valence-corrected chi connectivity index (χ4v) is 4.48. The van der Waals surface area contributed by atoms with Crippen LogP contribution in [0, 0.1) is 5.92 Å². The molecule has 0 aromatic carbocycles. The number of aromatic nitrogens is 1. The van der Waals surface area contributed by atoms with Gasteiger partial charge >= 0.3 is 0 Å². The van der Waals surface area contributed by atoms with Gasteiger partial charge < -0.3 is 19.1 Å². The van der Waals surface area contributed by atoms with Gasteiger partial charge in [-0.1, -0.05) is 6.92 Å². The van der Waals surface area contributed by atoms with E-state index in [4.69, 9.17) is 0 Å². The maximum Gasteiger partial charge on any atom is 0.255 e. The van der Waals surface area contributed by atoms with Gasteiger partial charge in [-0.2, -0.15) is 0 Å². The zero-order valence-corrected chi connectivity index (χ0v) is 16.9. The molecule has 146 valence electrons. The third-order valence-electron chi connectivity index (χ3n) is 6.47. The largest absolute Gasteiger partial charge is 0.358 e. The Kier molecular flexibility index (Phi) is 5.13. The van der Waals surface area contributed by atoms with Crippen molar-refractivity contribution in [2.45, 2.75) is 38.6 Å².